The van der Waals surface area contributed by atoms with Crippen molar-refractivity contribution in [3.8, 4) is 5.75 Å². The SMILES string of the molecule is CCC[Si]1CCC(C2CCC(CCCCc3ccc(Cl)cc3OC(F)F)CC2)CC1. The topological polar surface area (TPSA) is 9.23 Å². The third kappa shape index (κ3) is 7.51. The predicted octanol–water partition coefficient (Wildman–Crippen LogP) is 8.78. The fourth-order valence-corrected chi connectivity index (χ4v) is 8.94. The molecule has 1 nitrogen and oxygen atoms in total. The van der Waals surface area contributed by atoms with E-state index in [4.69, 9.17) is 11.6 Å². The van der Waals surface area contributed by atoms with Gasteiger partial charge in [0.2, 0.25) is 0 Å². The van der Waals surface area contributed by atoms with Gasteiger partial charge in [0.05, 0.1) is 0 Å². The van der Waals surface area contributed by atoms with Crippen LogP contribution < -0.4 is 4.74 Å². The van der Waals surface area contributed by atoms with Crippen molar-refractivity contribution in [2.75, 3.05) is 0 Å². The molecule has 0 atom stereocenters. The third-order valence-electron chi connectivity index (χ3n) is 7.45. The third-order valence-corrected chi connectivity index (χ3v) is 10.9. The second-order valence-corrected chi connectivity index (χ2v) is 12.9. The number of unbranched alkanes of at least 4 members (excludes halogenated alkanes) is 1. The molecule has 1 aromatic carbocycles. The smallest absolute Gasteiger partial charge is 0.387 e. The van der Waals surface area contributed by atoms with Gasteiger partial charge in [-0.2, -0.15) is 8.78 Å². The Morgan fingerprint density at radius 2 is 1.73 bits per heavy atom. The van der Waals surface area contributed by atoms with E-state index in [1.165, 1.54) is 63.5 Å². The maximum Gasteiger partial charge on any atom is 0.387 e. The lowest BCUT2D eigenvalue weighted by Gasteiger charge is -2.37. The zero-order valence-electron chi connectivity index (χ0n) is 18.5. The number of rotatable bonds is 10. The fraction of sp³-hybridized carbons (Fsp3) is 0.760. The highest BCUT2D eigenvalue weighted by Gasteiger charge is 2.30. The molecule has 3 rings (SSSR count). The normalized spacial score (nSPS) is 23.8. The van der Waals surface area contributed by atoms with Gasteiger partial charge in [-0.05, 0) is 61.1 Å². The molecule has 0 spiro atoms. The Morgan fingerprint density at radius 3 is 2.40 bits per heavy atom. The first-order valence-electron chi connectivity index (χ1n) is 12.1. The van der Waals surface area contributed by atoms with Crippen molar-refractivity contribution in [2.24, 2.45) is 17.8 Å². The van der Waals surface area contributed by atoms with Crippen molar-refractivity contribution in [3.05, 3.63) is 28.8 Å². The molecule has 169 valence electrons. The van der Waals surface area contributed by atoms with Gasteiger partial charge in [0.1, 0.15) is 5.75 Å². The molecule has 1 saturated carbocycles. The van der Waals surface area contributed by atoms with Gasteiger partial charge in [-0.1, -0.05) is 87.7 Å². The van der Waals surface area contributed by atoms with Gasteiger partial charge in [0, 0.05) is 13.8 Å². The highest BCUT2D eigenvalue weighted by molar-refractivity contribution is 6.58. The molecular formula is C25H38ClF2OSi. The van der Waals surface area contributed by atoms with Crippen LogP contribution in [0.4, 0.5) is 8.78 Å². The molecule has 0 unspecified atom stereocenters. The molecule has 1 aliphatic heterocycles. The maximum absolute atomic E-state index is 12.6. The van der Waals surface area contributed by atoms with Gasteiger partial charge in [-0.15, -0.1) is 0 Å². The minimum atomic E-state index is -2.80. The summed E-state index contributed by atoms with van der Waals surface area (Å²) in [6, 6.07) is 9.77. The summed E-state index contributed by atoms with van der Waals surface area (Å²) in [6.45, 7) is -0.461. The lowest BCUT2D eigenvalue weighted by molar-refractivity contribution is -0.0504. The van der Waals surface area contributed by atoms with Gasteiger partial charge in [-0.3, -0.25) is 0 Å². The lowest BCUT2D eigenvalue weighted by atomic mass is 9.73. The van der Waals surface area contributed by atoms with E-state index in [1.54, 1.807) is 18.2 Å². The Hall–Kier alpha value is -0.613. The lowest BCUT2D eigenvalue weighted by Crippen LogP contribution is -2.28. The average molecular weight is 456 g/mol. The van der Waals surface area contributed by atoms with Crippen molar-refractivity contribution in [3.63, 3.8) is 0 Å². The largest absolute Gasteiger partial charge is 0.434 e. The first-order chi connectivity index (χ1) is 14.5. The molecular weight excluding hydrogens is 418 g/mol. The molecule has 1 saturated heterocycles. The zero-order valence-corrected chi connectivity index (χ0v) is 20.2. The van der Waals surface area contributed by atoms with Crippen molar-refractivity contribution >= 4 is 20.4 Å². The van der Waals surface area contributed by atoms with Crippen LogP contribution in [0.3, 0.4) is 0 Å². The second-order valence-electron chi connectivity index (χ2n) is 9.49. The standard InChI is InChI=1S/C25H38ClF2OSi/c1-2-15-30-16-13-21(14-17-30)20-9-7-19(8-10-20)5-3-4-6-22-11-12-23(26)18-24(22)29-25(27)28/h11-12,18-21,25H,2-10,13-17H2,1H3. The summed E-state index contributed by atoms with van der Waals surface area (Å²) in [5.41, 5.74) is 0.838. The number of benzene rings is 1. The Morgan fingerprint density at radius 1 is 1.03 bits per heavy atom. The van der Waals surface area contributed by atoms with E-state index in [1.807, 2.05) is 6.07 Å². The summed E-state index contributed by atoms with van der Waals surface area (Å²) in [4.78, 5) is 0. The molecule has 1 heterocycles. The molecule has 0 bridgehead atoms. The van der Waals surface area contributed by atoms with Crippen LogP contribution in [0, 0.1) is 17.8 Å². The van der Waals surface area contributed by atoms with Crippen LogP contribution in [0.25, 0.3) is 0 Å². The molecule has 1 aromatic rings. The van der Waals surface area contributed by atoms with Crippen LogP contribution in [0.5, 0.6) is 5.75 Å². The second kappa shape index (κ2) is 12.4. The summed E-state index contributed by atoms with van der Waals surface area (Å²) in [5, 5.41) is 0.437. The fourth-order valence-electron chi connectivity index (χ4n) is 5.76. The number of ether oxygens (including phenoxy) is 1. The summed E-state index contributed by atoms with van der Waals surface area (Å²) in [7, 11) is 0.0128. The maximum atomic E-state index is 12.6. The van der Waals surface area contributed by atoms with Gasteiger partial charge in [-0.25, -0.2) is 0 Å². The first-order valence-corrected chi connectivity index (χ1v) is 14.6. The number of halogens is 3. The number of hydrogen-bond acceptors (Lipinski definition) is 1. The monoisotopic (exact) mass is 455 g/mol. The van der Waals surface area contributed by atoms with Gasteiger partial charge in [0.15, 0.2) is 0 Å². The van der Waals surface area contributed by atoms with Crippen molar-refractivity contribution < 1.29 is 13.5 Å². The quantitative estimate of drug-likeness (QED) is 0.253. The van der Waals surface area contributed by atoms with Gasteiger partial charge in [0.25, 0.3) is 0 Å². The molecule has 1 aliphatic carbocycles. The Kier molecular flexibility index (Phi) is 9.96. The summed E-state index contributed by atoms with van der Waals surface area (Å²) in [5.74, 6) is 3.12. The van der Waals surface area contributed by atoms with Gasteiger partial charge < -0.3 is 4.74 Å². The Labute approximate surface area is 188 Å². The van der Waals surface area contributed by atoms with E-state index in [-0.39, 0.29) is 14.5 Å². The number of aryl methyl sites for hydroxylation is 1. The average Bonchev–Trinajstić information content (AvgIpc) is 2.73. The van der Waals surface area contributed by atoms with Crippen molar-refractivity contribution in [1.29, 1.82) is 0 Å². The minimum Gasteiger partial charge on any atom is -0.434 e. The molecule has 30 heavy (non-hydrogen) atoms. The van der Waals surface area contributed by atoms with E-state index in [9.17, 15) is 8.78 Å². The van der Waals surface area contributed by atoms with E-state index in [0.717, 1.165) is 42.6 Å². The van der Waals surface area contributed by atoms with E-state index in [2.05, 4.69) is 11.7 Å². The van der Waals surface area contributed by atoms with E-state index < -0.39 is 6.61 Å². The molecule has 5 heteroatoms. The van der Waals surface area contributed by atoms with Crippen molar-refractivity contribution in [2.45, 2.75) is 102 Å². The van der Waals surface area contributed by atoms with E-state index >= 15 is 0 Å². The van der Waals surface area contributed by atoms with Crippen LogP contribution in [0.15, 0.2) is 18.2 Å². The molecule has 1 radical (unpaired) electrons. The Balaban J connectivity index is 1.33. The molecule has 0 N–H and O–H groups in total. The van der Waals surface area contributed by atoms with Crippen molar-refractivity contribution in [1.82, 2.24) is 0 Å². The molecule has 0 aromatic heterocycles. The molecule has 0 amide bonds. The van der Waals surface area contributed by atoms with Gasteiger partial charge >= 0.3 is 6.61 Å². The minimum absolute atomic E-state index is 0.0128. The number of alkyl halides is 2. The van der Waals surface area contributed by atoms with Crippen LogP contribution in [-0.4, -0.2) is 15.4 Å². The summed E-state index contributed by atoms with van der Waals surface area (Å²) in [6.07, 6.45) is 14.3. The van der Waals surface area contributed by atoms with Crippen LogP contribution >= 0.6 is 11.6 Å². The predicted molar refractivity (Wildman–Crippen MR) is 124 cm³/mol. The highest BCUT2D eigenvalue weighted by Crippen LogP contribution is 2.42. The van der Waals surface area contributed by atoms with Crippen LogP contribution in [-0.2, 0) is 6.42 Å². The van der Waals surface area contributed by atoms with Crippen LogP contribution in [0.1, 0.15) is 76.7 Å². The summed E-state index contributed by atoms with van der Waals surface area (Å²) >= 11 is 5.93. The molecule has 2 fully saturated rings. The summed E-state index contributed by atoms with van der Waals surface area (Å²) < 4.78 is 29.9. The number of hydrogen-bond donors (Lipinski definition) is 0. The Bertz CT molecular complexity index is 626. The zero-order chi connectivity index (χ0) is 21.3. The van der Waals surface area contributed by atoms with E-state index in [0.29, 0.717) is 5.02 Å². The van der Waals surface area contributed by atoms with Crippen LogP contribution in [0.2, 0.25) is 23.2 Å². The molecule has 2 aliphatic rings. The highest BCUT2D eigenvalue weighted by atomic mass is 35.5. The first kappa shape index (κ1) is 24.0.